The van der Waals surface area contributed by atoms with Crippen LogP contribution in [0, 0.1) is 11.3 Å². The molecule has 0 unspecified atom stereocenters. The summed E-state index contributed by atoms with van der Waals surface area (Å²) in [6.45, 7) is 5.39. The molecule has 1 amide bonds. The van der Waals surface area contributed by atoms with E-state index in [0.29, 0.717) is 24.1 Å². The van der Waals surface area contributed by atoms with Crippen molar-refractivity contribution in [3.63, 3.8) is 0 Å². The fourth-order valence-electron chi connectivity index (χ4n) is 4.44. The van der Waals surface area contributed by atoms with Gasteiger partial charge in [-0.15, -0.1) is 0 Å². The van der Waals surface area contributed by atoms with Gasteiger partial charge >= 0.3 is 0 Å². The van der Waals surface area contributed by atoms with Gasteiger partial charge in [0.25, 0.3) is 5.91 Å². The lowest BCUT2D eigenvalue weighted by Crippen LogP contribution is -2.30. The summed E-state index contributed by atoms with van der Waals surface area (Å²) < 4.78 is 7.43. The molecule has 1 saturated heterocycles. The Hall–Kier alpha value is -4.23. The van der Waals surface area contributed by atoms with E-state index in [1.807, 2.05) is 28.9 Å². The predicted octanol–water partition coefficient (Wildman–Crippen LogP) is 4.20. The molecule has 0 radical (unpaired) electrons. The van der Waals surface area contributed by atoms with Crippen molar-refractivity contribution < 1.29 is 14.3 Å². The third-order valence-electron chi connectivity index (χ3n) is 6.42. The van der Waals surface area contributed by atoms with Crippen LogP contribution in [0.3, 0.4) is 0 Å². The summed E-state index contributed by atoms with van der Waals surface area (Å²) in [6, 6.07) is 7.22. The highest BCUT2D eigenvalue weighted by atomic mass is 16.3. The van der Waals surface area contributed by atoms with Gasteiger partial charge in [0.15, 0.2) is 5.69 Å². The Kier molecular flexibility index (Phi) is 6.63. The van der Waals surface area contributed by atoms with E-state index < -0.39 is 11.5 Å². The first kappa shape index (κ1) is 24.5. The second-order valence-corrected chi connectivity index (χ2v) is 9.96. The average molecular weight is 500 g/mol. The number of anilines is 2. The summed E-state index contributed by atoms with van der Waals surface area (Å²) in [4.78, 5) is 28.5. The van der Waals surface area contributed by atoms with E-state index >= 15 is 0 Å². The van der Waals surface area contributed by atoms with Crippen LogP contribution in [-0.2, 0) is 6.42 Å². The minimum absolute atomic E-state index is 0.131. The van der Waals surface area contributed by atoms with E-state index in [0.717, 1.165) is 43.0 Å². The maximum Gasteiger partial charge on any atom is 0.277 e. The number of imidazole rings is 1. The van der Waals surface area contributed by atoms with Crippen LogP contribution < -0.4 is 10.2 Å². The fourth-order valence-corrected chi connectivity index (χ4v) is 4.44. The first-order valence-electron chi connectivity index (χ1n) is 12.4. The van der Waals surface area contributed by atoms with Crippen LogP contribution in [0.5, 0.6) is 0 Å². The lowest BCUT2D eigenvalue weighted by atomic mass is 10.0. The van der Waals surface area contributed by atoms with Gasteiger partial charge in [0.2, 0.25) is 5.89 Å². The van der Waals surface area contributed by atoms with Crippen LogP contribution in [0.25, 0.3) is 17.1 Å². The number of nitriles is 1. The van der Waals surface area contributed by atoms with Crippen molar-refractivity contribution in [1.29, 1.82) is 5.26 Å². The molecule has 10 nitrogen and oxygen atoms in total. The number of rotatable bonds is 7. The van der Waals surface area contributed by atoms with Gasteiger partial charge in [-0.25, -0.2) is 15.0 Å². The SMILES string of the molecule is CC(C)(O)CCc1cn2cc(NC(=O)c3coc(-c4ccnc(C#N)c4)n3)c(N3CCCCC3)cc2n1. The molecule has 0 aliphatic carbocycles. The Labute approximate surface area is 214 Å². The van der Waals surface area contributed by atoms with E-state index in [9.17, 15) is 9.90 Å². The Balaban J connectivity index is 1.43. The average Bonchev–Trinajstić information content (AvgIpc) is 3.54. The van der Waals surface area contributed by atoms with Crippen LogP contribution >= 0.6 is 0 Å². The van der Waals surface area contributed by atoms with Gasteiger partial charge < -0.3 is 24.1 Å². The molecule has 2 N–H and O–H groups in total. The molecule has 0 atom stereocenters. The zero-order valence-electron chi connectivity index (χ0n) is 20.9. The quantitative estimate of drug-likeness (QED) is 0.387. The largest absolute Gasteiger partial charge is 0.444 e. The van der Waals surface area contributed by atoms with Crippen LogP contribution in [0.2, 0.25) is 0 Å². The summed E-state index contributed by atoms with van der Waals surface area (Å²) in [5.74, 6) is -0.161. The number of hydrogen-bond acceptors (Lipinski definition) is 8. The number of oxazole rings is 1. The number of carbonyl (C=O) groups is 1. The molecule has 0 bridgehead atoms. The molecule has 1 aliphatic heterocycles. The summed E-state index contributed by atoms with van der Waals surface area (Å²) in [5.41, 5.74) is 3.41. The van der Waals surface area contributed by atoms with Gasteiger partial charge in [-0.05, 0) is 58.1 Å². The zero-order valence-corrected chi connectivity index (χ0v) is 20.9. The Morgan fingerprint density at radius 1 is 1.22 bits per heavy atom. The summed E-state index contributed by atoms with van der Waals surface area (Å²) in [6.07, 6.45) is 11.2. The highest BCUT2D eigenvalue weighted by Crippen LogP contribution is 2.31. The van der Waals surface area contributed by atoms with Crippen LogP contribution in [0.15, 0.2) is 47.5 Å². The topological polar surface area (TPSA) is 133 Å². The number of aliphatic hydroxyl groups is 1. The van der Waals surface area contributed by atoms with Gasteiger partial charge in [-0.2, -0.15) is 5.26 Å². The first-order valence-corrected chi connectivity index (χ1v) is 12.4. The van der Waals surface area contributed by atoms with E-state index in [4.69, 9.17) is 14.7 Å². The number of aryl methyl sites for hydroxylation is 1. The molecule has 0 spiro atoms. The summed E-state index contributed by atoms with van der Waals surface area (Å²) >= 11 is 0. The van der Waals surface area contributed by atoms with Crippen molar-refractivity contribution in [3.8, 4) is 17.5 Å². The molecule has 10 heteroatoms. The Morgan fingerprint density at radius 2 is 2.03 bits per heavy atom. The number of hydrogen-bond donors (Lipinski definition) is 2. The van der Waals surface area contributed by atoms with Crippen molar-refractivity contribution in [2.75, 3.05) is 23.3 Å². The Bertz CT molecular complexity index is 1470. The van der Waals surface area contributed by atoms with Gasteiger partial charge in [0.1, 0.15) is 23.7 Å². The normalized spacial score (nSPS) is 14.1. The van der Waals surface area contributed by atoms with Crippen LogP contribution in [0.1, 0.15) is 61.4 Å². The van der Waals surface area contributed by atoms with Crippen LogP contribution in [-0.4, -0.2) is 49.1 Å². The molecule has 190 valence electrons. The number of nitrogens with zero attached hydrogens (tertiary/aromatic N) is 6. The number of nitrogens with one attached hydrogen (secondary N) is 1. The molecule has 5 heterocycles. The highest BCUT2D eigenvalue weighted by molar-refractivity contribution is 6.04. The van der Waals surface area contributed by atoms with E-state index in [-0.39, 0.29) is 17.3 Å². The predicted molar refractivity (Wildman–Crippen MR) is 138 cm³/mol. The lowest BCUT2D eigenvalue weighted by Gasteiger charge is -2.30. The molecule has 4 aromatic rings. The highest BCUT2D eigenvalue weighted by Gasteiger charge is 2.21. The molecular weight excluding hydrogens is 470 g/mol. The van der Waals surface area contributed by atoms with E-state index in [1.54, 1.807) is 26.0 Å². The lowest BCUT2D eigenvalue weighted by molar-refractivity contribution is 0.0711. The second-order valence-electron chi connectivity index (χ2n) is 9.96. The van der Waals surface area contributed by atoms with Crippen LogP contribution in [0.4, 0.5) is 11.4 Å². The Morgan fingerprint density at radius 3 is 2.78 bits per heavy atom. The second kappa shape index (κ2) is 10.0. The smallest absolute Gasteiger partial charge is 0.277 e. The van der Waals surface area contributed by atoms with Crippen molar-refractivity contribution >= 4 is 22.9 Å². The van der Waals surface area contributed by atoms with E-state index in [2.05, 4.69) is 20.2 Å². The number of aromatic nitrogens is 4. The number of amides is 1. The summed E-state index contributed by atoms with van der Waals surface area (Å²) in [7, 11) is 0. The van der Waals surface area contributed by atoms with Gasteiger partial charge in [0, 0.05) is 43.3 Å². The number of fused-ring (bicyclic) bond motifs is 1. The number of piperidine rings is 1. The third-order valence-corrected chi connectivity index (χ3v) is 6.42. The molecule has 1 fully saturated rings. The molecule has 1 aliphatic rings. The maximum atomic E-state index is 13.2. The molecular formula is C27H29N7O3. The standard InChI is InChI=1S/C27H29N7O3/c1-27(2,36)8-6-19-15-34-16-21(23(13-24(34)30-19)33-10-4-3-5-11-33)31-25(35)22-17-37-26(32-22)18-7-9-29-20(12-18)14-28/h7,9,12-13,15-17,36H,3-6,8,10-11H2,1-2H3,(H,31,35). The van der Waals surface area contributed by atoms with Gasteiger partial charge in [0.05, 0.1) is 22.7 Å². The number of carbonyl (C=O) groups excluding carboxylic acids is 1. The van der Waals surface area contributed by atoms with E-state index in [1.165, 1.54) is 18.9 Å². The first-order chi connectivity index (χ1) is 17.8. The van der Waals surface area contributed by atoms with Crippen molar-refractivity contribution in [1.82, 2.24) is 19.4 Å². The third kappa shape index (κ3) is 5.62. The van der Waals surface area contributed by atoms with Crippen molar-refractivity contribution in [2.24, 2.45) is 0 Å². The van der Waals surface area contributed by atoms with Crippen molar-refractivity contribution in [3.05, 3.63) is 60.1 Å². The molecule has 5 rings (SSSR count). The minimum Gasteiger partial charge on any atom is -0.444 e. The van der Waals surface area contributed by atoms with Gasteiger partial charge in [-0.3, -0.25) is 4.79 Å². The molecule has 4 aromatic heterocycles. The maximum absolute atomic E-state index is 13.2. The summed E-state index contributed by atoms with van der Waals surface area (Å²) in [5, 5.41) is 22.2. The molecule has 0 aromatic carbocycles. The number of pyridine rings is 2. The van der Waals surface area contributed by atoms with Crippen molar-refractivity contribution in [2.45, 2.75) is 51.6 Å². The zero-order chi connectivity index (χ0) is 26.0. The fraction of sp³-hybridized carbons (Fsp3) is 0.370. The molecule has 37 heavy (non-hydrogen) atoms. The van der Waals surface area contributed by atoms with Gasteiger partial charge in [-0.1, -0.05) is 0 Å². The monoisotopic (exact) mass is 499 g/mol. The molecule has 0 saturated carbocycles. The minimum atomic E-state index is -0.767.